The Morgan fingerprint density at radius 3 is 2.36 bits per heavy atom. The highest BCUT2D eigenvalue weighted by Crippen LogP contribution is 2.25. The summed E-state index contributed by atoms with van der Waals surface area (Å²) in [5.74, 6) is -0.398. The average Bonchev–Trinajstić information content (AvgIpc) is 2.51. The van der Waals surface area contributed by atoms with Gasteiger partial charge in [-0.1, -0.05) is 43.4 Å². The lowest BCUT2D eigenvalue weighted by molar-refractivity contribution is -0.124. The topological polar surface area (TPSA) is 52.6 Å². The summed E-state index contributed by atoms with van der Waals surface area (Å²) in [4.78, 5) is 13.0. The highest BCUT2D eigenvalue weighted by Gasteiger charge is 2.07. The van der Waals surface area contributed by atoms with Gasteiger partial charge in [-0.05, 0) is 36.1 Å². The van der Waals surface area contributed by atoms with Crippen LogP contribution in [0.15, 0.2) is 54.6 Å². The molecule has 4 nitrogen and oxygen atoms in total. The van der Waals surface area contributed by atoms with Gasteiger partial charge in [0, 0.05) is 25.9 Å². The Bertz CT molecular complexity index is 584. The second-order valence-corrected chi connectivity index (χ2v) is 5.48. The standard InChI is InChI=1S/C18H24N2O2/c1-13(6-11-18(21)19-22)12-14(2)15(3)16-7-9-17(10-8-16)20(4)5/h6-12,14,22H,3H2,1-2,4-5H3,(H,19,21)/b11-6+,13-12+/t14-/m1/s1. The molecule has 0 unspecified atom stereocenters. The second kappa shape index (κ2) is 8.20. The summed E-state index contributed by atoms with van der Waals surface area (Å²) in [5.41, 5.74) is 5.76. The van der Waals surface area contributed by atoms with Crippen molar-refractivity contribution in [2.24, 2.45) is 5.92 Å². The summed E-state index contributed by atoms with van der Waals surface area (Å²) >= 11 is 0. The maximum absolute atomic E-state index is 10.9. The van der Waals surface area contributed by atoms with Crippen LogP contribution in [0.5, 0.6) is 0 Å². The highest BCUT2D eigenvalue weighted by molar-refractivity contribution is 5.86. The van der Waals surface area contributed by atoms with Crippen LogP contribution in [0, 0.1) is 5.92 Å². The van der Waals surface area contributed by atoms with Crippen LogP contribution >= 0.6 is 0 Å². The number of hydrogen-bond donors (Lipinski definition) is 2. The van der Waals surface area contributed by atoms with Crippen LogP contribution in [0.25, 0.3) is 5.57 Å². The van der Waals surface area contributed by atoms with E-state index in [4.69, 9.17) is 5.21 Å². The van der Waals surface area contributed by atoms with Crippen molar-refractivity contribution in [1.29, 1.82) is 0 Å². The third kappa shape index (κ3) is 5.22. The van der Waals surface area contributed by atoms with Crippen LogP contribution in [0.4, 0.5) is 5.69 Å². The molecular weight excluding hydrogens is 276 g/mol. The zero-order valence-corrected chi connectivity index (χ0v) is 13.6. The fraction of sp³-hybridized carbons (Fsp3) is 0.278. The molecule has 22 heavy (non-hydrogen) atoms. The van der Waals surface area contributed by atoms with Gasteiger partial charge in [-0.25, -0.2) is 5.48 Å². The van der Waals surface area contributed by atoms with E-state index in [-0.39, 0.29) is 5.92 Å². The van der Waals surface area contributed by atoms with E-state index in [1.54, 1.807) is 11.6 Å². The zero-order valence-electron chi connectivity index (χ0n) is 13.6. The van der Waals surface area contributed by atoms with Gasteiger partial charge in [0.15, 0.2) is 0 Å². The summed E-state index contributed by atoms with van der Waals surface area (Å²) in [6.07, 6.45) is 4.97. The summed E-state index contributed by atoms with van der Waals surface area (Å²) < 4.78 is 0. The number of carbonyl (C=O) groups is 1. The predicted molar refractivity (Wildman–Crippen MR) is 91.8 cm³/mol. The van der Waals surface area contributed by atoms with Gasteiger partial charge in [0.25, 0.3) is 5.91 Å². The zero-order chi connectivity index (χ0) is 16.7. The van der Waals surface area contributed by atoms with Crippen LogP contribution in [0.2, 0.25) is 0 Å². The molecule has 0 bridgehead atoms. The third-order valence-corrected chi connectivity index (χ3v) is 3.42. The van der Waals surface area contributed by atoms with E-state index in [2.05, 4.69) is 42.7 Å². The quantitative estimate of drug-likeness (QED) is 0.366. The molecule has 0 saturated carbocycles. The first kappa shape index (κ1) is 17.7. The molecule has 1 aromatic rings. The minimum atomic E-state index is -0.543. The molecule has 2 N–H and O–H groups in total. The lowest BCUT2D eigenvalue weighted by Crippen LogP contribution is -2.14. The van der Waals surface area contributed by atoms with Crippen molar-refractivity contribution in [3.8, 4) is 0 Å². The Balaban J connectivity index is 2.79. The number of nitrogens with zero attached hydrogens (tertiary/aromatic N) is 1. The Morgan fingerprint density at radius 2 is 1.86 bits per heavy atom. The fourth-order valence-electron chi connectivity index (χ4n) is 2.03. The molecule has 0 fully saturated rings. The number of allylic oxidation sites excluding steroid dienone is 4. The van der Waals surface area contributed by atoms with E-state index < -0.39 is 5.91 Å². The van der Waals surface area contributed by atoms with E-state index in [0.717, 1.165) is 22.4 Å². The molecule has 1 rings (SSSR count). The van der Waals surface area contributed by atoms with Gasteiger partial charge in [-0.2, -0.15) is 0 Å². The van der Waals surface area contributed by atoms with Crippen molar-refractivity contribution >= 4 is 17.2 Å². The number of benzene rings is 1. The number of hydrogen-bond acceptors (Lipinski definition) is 3. The van der Waals surface area contributed by atoms with Crippen molar-refractivity contribution in [2.75, 3.05) is 19.0 Å². The summed E-state index contributed by atoms with van der Waals surface area (Å²) in [5, 5.41) is 8.44. The van der Waals surface area contributed by atoms with Crippen LogP contribution in [0.1, 0.15) is 19.4 Å². The number of amides is 1. The maximum atomic E-state index is 10.9. The molecule has 1 amide bonds. The van der Waals surface area contributed by atoms with Crippen molar-refractivity contribution in [3.05, 3.63) is 60.2 Å². The molecule has 0 aliphatic heterocycles. The van der Waals surface area contributed by atoms with Crippen molar-refractivity contribution in [3.63, 3.8) is 0 Å². The first-order valence-corrected chi connectivity index (χ1v) is 7.12. The lowest BCUT2D eigenvalue weighted by Gasteiger charge is -2.15. The average molecular weight is 300 g/mol. The predicted octanol–water partition coefficient (Wildman–Crippen LogP) is 3.41. The molecule has 0 aliphatic rings. The minimum absolute atomic E-state index is 0.145. The van der Waals surface area contributed by atoms with E-state index in [1.165, 1.54) is 6.08 Å². The molecule has 0 heterocycles. The Hall–Kier alpha value is -2.33. The van der Waals surface area contributed by atoms with E-state index >= 15 is 0 Å². The number of rotatable bonds is 6. The van der Waals surface area contributed by atoms with E-state index in [0.29, 0.717) is 0 Å². The Labute approximate surface area is 132 Å². The summed E-state index contributed by atoms with van der Waals surface area (Å²) in [7, 11) is 4.01. The van der Waals surface area contributed by atoms with Crippen LogP contribution in [-0.2, 0) is 4.79 Å². The fourth-order valence-corrected chi connectivity index (χ4v) is 2.03. The molecule has 0 radical (unpaired) electrons. The smallest absolute Gasteiger partial charge is 0.267 e. The lowest BCUT2D eigenvalue weighted by atomic mass is 9.93. The van der Waals surface area contributed by atoms with Gasteiger partial charge in [0.1, 0.15) is 0 Å². The molecule has 1 atom stereocenters. The summed E-state index contributed by atoms with van der Waals surface area (Å²) in [6, 6.07) is 8.25. The monoisotopic (exact) mass is 300 g/mol. The van der Waals surface area contributed by atoms with Gasteiger partial charge >= 0.3 is 0 Å². The Kier molecular flexibility index (Phi) is 6.60. The molecular formula is C18H24N2O2. The van der Waals surface area contributed by atoms with Gasteiger partial charge in [0.05, 0.1) is 0 Å². The van der Waals surface area contributed by atoms with Crippen molar-refractivity contribution in [1.82, 2.24) is 5.48 Å². The normalized spacial score (nSPS) is 13.0. The van der Waals surface area contributed by atoms with E-state index in [9.17, 15) is 4.79 Å². The molecule has 118 valence electrons. The minimum Gasteiger partial charge on any atom is -0.378 e. The first-order chi connectivity index (χ1) is 10.3. The molecule has 0 aliphatic carbocycles. The SMILES string of the molecule is C=C(c1ccc(N(C)C)cc1)[C@H](C)/C=C(C)/C=C/C(=O)NO. The molecule has 4 heteroatoms. The molecule has 0 spiro atoms. The van der Waals surface area contributed by atoms with Crippen molar-refractivity contribution in [2.45, 2.75) is 13.8 Å². The third-order valence-electron chi connectivity index (χ3n) is 3.42. The second-order valence-electron chi connectivity index (χ2n) is 5.48. The number of carbonyl (C=O) groups excluding carboxylic acids is 1. The number of anilines is 1. The van der Waals surface area contributed by atoms with Gasteiger partial charge in [-0.3, -0.25) is 10.0 Å². The Morgan fingerprint density at radius 1 is 1.27 bits per heavy atom. The van der Waals surface area contributed by atoms with Crippen LogP contribution < -0.4 is 10.4 Å². The van der Waals surface area contributed by atoms with Gasteiger partial charge in [0.2, 0.25) is 0 Å². The molecule has 0 saturated heterocycles. The van der Waals surface area contributed by atoms with E-state index in [1.807, 2.05) is 27.1 Å². The van der Waals surface area contributed by atoms with Gasteiger partial charge < -0.3 is 4.90 Å². The van der Waals surface area contributed by atoms with Gasteiger partial charge in [-0.15, -0.1) is 0 Å². The summed E-state index contributed by atoms with van der Waals surface area (Å²) in [6.45, 7) is 8.13. The number of hydroxylamine groups is 1. The van der Waals surface area contributed by atoms with Crippen molar-refractivity contribution < 1.29 is 10.0 Å². The first-order valence-electron chi connectivity index (χ1n) is 7.12. The number of nitrogens with one attached hydrogen (secondary N) is 1. The highest BCUT2D eigenvalue weighted by atomic mass is 16.5. The van der Waals surface area contributed by atoms with Crippen LogP contribution in [0.3, 0.4) is 0 Å². The maximum Gasteiger partial charge on any atom is 0.267 e. The molecule has 1 aromatic carbocycles. The van der Waals surface area contributed by atoms with Crippen LogP contribution in [-0.4, -0.2) is 25.2 Å². The largest absolute Gasteiger partial charge is 0.378 e. The molecule has 0 aromatic heterocycles.